The fourth-order valence-electron chi connectivity index (χ4n) is 3.53. The fraction of sp³-hybridized carbons (Fsp3) is 0.556. The van der Waals surface area contributed by atoms with Crippen molar-refractivity contribution in [3.8, 4) is 0 Å². The summed E-state index contributed by atoms with van der Waals surface area (Å²) in [4.78, 5) is 0. The van der Waals surface area contributed by atoms with E-state index in [9.17, 15) is 8.78 Å². The molecule has 2 unspecified atom stereocenters. The van der Waals surface area contributed by atoms with Crippen LogP contribution in [0.15, 0.2) is 5.57 Å². The Kier molecular flexibility index (Phi) is 3.76. The van der Waals surface area contributed by atoms with Gasteiger partial charge in [0.15, 0.2) is 0 Å². The molecule has 0 amide bonds. The van der Waals surface area contributed by atoms with Crippen molar-refractivity contribution in [2.45, 2.75) is 54.6 Å². The summed E-state index contributed by atoms with van der Waals surface area (Å²) in [6, 6.07) is 0. The van der Waals surface area contributed by atoms with Crippen LogP contribution in [-0.4, -0.2) is 0 Å². The van der Waals surface area contributed by atoms with Crippen LogP contribution in [0, 0.1) is 36.8 Å². The molecule has 0 aromatic heterocycles. The molecule has 1 aliphatic carbocycles. The van der Waals surface area contributed by atoms with E-state index in [2.05, 4.69) is 0 Å². The molecule has 0 radical (unpaired) electrons. The molecule has 116 valence electrons. The third-order valence-corrected chi connectivity index (χ3v) is 5.59. The van der Waals surface area contributed by atoms with Crippen molar-refractivity contribution >= 4 is 5.57 Å². The van der Waals surface area contributed by atoms with Crippen molar-refractivity contribution in [2.24, 2.45) is 11.3 Å². The summed E-state index contributed by atoms with van der Waals surface area (Å²) in [7, 11) is 0. The van der Waals surface area contributed by atoms with Crippen molar-refractivity contribution in [2.75, 3.05) is 0 Å². The first-order valence-corrected chi connectivity index (χ1v) is 7.37. The molecule has 0 bridgehead atoms. The van der Waals surface area contributed by atoms with Crippen LogP contribution in [0.1, 0.15) is 63.0 Å². The molecule has 2 atom stereocenters. The predicted octanol–water partition coefficient (Wildman–Crippen LogP) is 6.06. The van der Waals surface area contributed by atoms with Gasteiger partial charge in [-0.25, -0.2) is 13.2 Å². The SMILES string of the molecule is CC1=C(C)C(C)(C(C)C)C(F)c2c(F)c(C)c(F)c(C)c21. The zero-order valence-corrected chi connectivity index (χ0v) is 13.8. The first-order valence-electron chi connectivity index (χ1n) is 7.37. The van der Waals surface area contributed by atoms with Gasteiger partial charge in [-0.05, 0) is 50.3 Å². The maximum Gasteiger partial charge on any atom is 0.138 e. The topological polar surface area (TPSA) is 0 Å². The Morgan fingerprint density at radius 3 is 1.95 bits per heavy atom. The van der Waals surface area contributed by atoms with Gasteiger partial charge >= 0.3 is 0 Å². The van der Waals surface area contributed by atoms with E-state index in [1.54, 1.807) is 6.92 Å². The van der Waals surface area contributed by atoms with E-state index in [-0.39, 0.29) is 17.0 Å². The molecule has 2 rings (SSSR count). The molecule has 0 N–H and O–H groups in total. The number of fused-ring (bicyclic) bond motifs is 1. The molecule has 0 saturated carbocycles. The van der Waals surface area contributed by atoms with Crippen LogP contribution >= 0.6 is 0 Å². The second kappa shape index (κ2) is 4.89. The Bertz CT molecular complexity index is 641. The summed E-state index contributed by atoms with van der Waals surface area (Å²) in [6.07, 6.45) is -1.46. The van der Waals surface area contributed by atoms with Crippen molar-refractivity contribution in [1.82, 2.24) is 0 Å². The normalized spacial score (nSPS) is 25.6. The van der Waals surface area contributed by atoms with E-state index < -0.39 is 23.2 Å². The Morgan fingerprint density at radius 2 is 1.48 bits per heavy atom. The van der Waals surface area contributed by atoms with Gasteiger partial charge in [-0.2, -0.15) is 0 Å². The predicted molar refractivity (Wildman–Crippen MR) is 80.9 cm³/mol. The Labute approximate surface area is 125 Å². The van der Waals surface area contributed by atoms with Crippen LogP contribution in [0.4, 0.5) is 13.2 Å². The number of hydrogen-bond donors (Lipinski definition) is 0. The van der Waals surface area contributed by atoms with Gasteiger partial charge in [0, 0.05) is 16.5 Å². The number of allylic oxidation sites excluding steroid dienone is 2. The molecule has 1 aromatic carbocycles. The third kappa shape index (κ3) is 1.89. The summed E-state index contributed by atoms with van der Waals surface area (Å²) < 4.78 is 44.0. The maximum absolute atomic E-state index is 15.3. The van der Waals surface area contributed by atoms with Gasteiger partial charge in [-0.3, -0.25) is 0 Å². The quantitative estimate of drug-likeness (QED) is 0.590. The summed E-state index contributed by atoms with van der Waals surface area (Å²) in [5, 5.41) is 0. The molecular formula is C18H23F3. The van der Waals surface area contributed by atoms with E-state index >= 15 is 4.39 Å². The molecule has 21 heavy (non-hydrogen) atoms. The lowest BCUT2D eigenvalue weighted by molar-refractivity contribution is 0.103. The fourth-order valence-corrected chi connectivity index (χ4v) is 3.53. The number of rotatable bonds is 1. The van der Waals surface area contributed by atoms with Gasteiger partial charge < -0.3 is 0 Å². The molecule has 1 aliphatic rings. The molecule has 1 aromatic rings. The van der Waals surface area contributed by atoms with Crippen molar-refractivity contribution in [3.63, 3.8) is 0 Å². The van der Waals surface area contributed by atoms with Gasteiger partial charge in [0.2, 0.25) is 0 Å². The lowest BCUT2D eigenvalue weighted by Crippen LogP contribution is -2.35. The molecule has 0 heterocycles. The van der Waals surface area contributed by atoms with Crippen LogP contribution in [0.2, 0.25) is 0 Å². The molecule has 0 saturated heterocycles. The highest BCUT2D eigenvalue weighted by molar-refractivity contribution is 5.76. The first-order chi connectivity index (χ1) is 9.56. The largest absolute Gasteiger partial charge is 0.241 e. The summed E-state index contributed by atoms with van der Waals surface area (Å²) >= 11 is 0. The summed E-state index contributed by atoms with van der Waals surface area (Å²) in [5.41, 5.74) is 1.61. The third-order valence-electron chi connectivity index (χ3n) is 5.59. The average Bonchev–Trinajstić information content (AvgIpc) is 2.43. The first kappa shape index (κ1) is 16.1. The standard InChI is InChI=1S/C18H23F3/c1-8(2)18(7)12(6)9(3)13-10(4)15(19)11(5)16(20)14(13)17(18)21/h8,17H,1-7H3. The highest BCUT2D eigenvalue weighted by Gasteiger charge is 2.47. The van der Waals surface area contributed by atoms with Crippen LogP contribution < -0.4 is 0 Å². The molecule has 0 spiro atoms. The van der Waals surface area contributed by atoms with Crippen molar-refractivity contribution < 1.29 is 13.2 Å². The van der Waals surface area contributed by atoms with Crippen LogP contribution in [-0.2, 0) is 0 Å². The smallest absolute Gasteiger partial charge is 0.138 e. The zero-order valence-electron chi connectivity index (χ0n) is 13.8. The Hall–Kier alpha value is -1.25. The zero-order chi connectivity index (χ0) is 16.3. The van der Waals surface area contributed by atoms with Gasteiger partial charge in [-0.15, -0.1) is 0 Å². The van der Waals surface area contributed by atoms with E-state index in [1.165, 1.54) is 6.92 Å². The second-order valence-electron chi connectivity index (χ2n) is 6.72. The lowest BCUT2D eigenvalue weighted by atomic mass is 9.62. The Balaban J connectivity index is 2.94. The van der Waals surface area contributed by atoms with Crippen LogP contribution in [0.3, 0.4) is 0 Å². The number of hydrogen-bond acceptors (Lipinski definition) is 0. The summed E-state index contributed by atoms with van der Waals surface area (Å²) in [6.45, 7) is 12.4. The highest BCUT2D eigenvalue weighted by atomic mass is 19.1. The van der Waals surface area contributed by atoms with Gasteiger partial charge in [0.25, 0.3) is 0 Å². The number of benzene rings is 1. The lowest BCUT2D eigenvalue weighted by Gasteiger charge is -2.44. The van der Waals surface area contributed by atoms with Gasteiger partial charge in [0.1, 0.15) is 17.8 Å². The molecule has 0 fully saturated rings. The molecular weight excluding hydrogens is 273 g/mol. The van der Waals surface area contributed by atoms with Crippen molar-refractivity contribution in [3.05, 3.63) is 39.5 Å². The summed E-state index contributed by atoms with van der Waals surface area (Å²) in [5.74, 6) is -1.29. The van der Waals surface area contributed by atoms with Crippen LogP contribution in [0.25, 0.3) is 5.57 Å². The van der Waals surface area contributed by atoms with Crippen LogP contribution in [0.5, 0.6) is 0 Å². The minimum absolute atomic E-state index is 0.0145. The average molecular weight is 296 g/mol. The highest BCUT2D eigenvalue weighted by Crippen LogP contribution is 2.56. The van der Waals surface area contributed by atoms with E-state index in [1.807, 2.05) is 34.6 Å². The molecule has 3 heteroatoms. The van der Waals surface area contributed by atoms with E-state index in [0.29, 0.717) is 11.1 Å². The Morgan fingerprint density at radius 1 is 0.952 bits per heavy atom. The monoisotopic (exact) mass is 296 g/mol. The van der Waals surface area contributed by atoms with Gasteiger partial charge in [0.05, 0.1) is 0 Å². The van der Waals surface area contributed by atoms with E-state index in [4.69, 9.17) is 0 Å². The number of alkyl halides is 1. The molecule has 0 aliphatic heterocycles. The molecule has 0 nitrogen and oxygen atoms in total. The minimum atomic E-state index is -1.46. The number of halogens is 3. The second-order valence-corrected chi connectivity index (χ2v) is 6.72. The minimum Gasteiger partial charge on any atom is -0.241 e. The maximum atomic E-state index is 15.3. The van der Waals surface area contributed by atoms with E-state index in [0.717, 1.165) is 11.1 Å². The van der Waals surface area contributed by atoms with Gasteiger partial charge in [-0.1, -0.05) is 26.3 Å². The van der Waals surface area contributed by atoms with Crippen molar-refractivity contribution in [1.29, 1.82) is 0 Å².